The first-order chi connectivity index (χ1) is 24.0. The Hall–Kier alpha value is -4.92. The summed E-state index contributed by atoms with van der Waals surface area (Å²) in [6, 6.07) is 20.6. The molecule has 0 spiro atoms. The molecule has 0 N–H and O–H groups in total. The van der Waals surface area contributed by atoms with Gasteiger partial charge in [0, 0.05) is 12.2 Å². The number of ether oxygens (including phenoxy) is 2. The van der Waals surface area contributed by atoms with Crippen molar-refractivity contribution < 1.29 is 49.4 Å². The summed E-state index contributed by atoms with van der Waals surface area (Å²) in [7, 11) is -5.36. The van der Waals surface area contributed by atoms with Gasteiger partial charge in [0.15, 0.2) is 28.2 Å². The van der Waals surface area contributed by atoms with Crippen LogP contribution in [0, 0.1) is 29.1 Å². The highest BCUT2D eigenvalue weighted by molar-refractivity contribution is 7.89. The molecule has 0 radical (unpaired) electrons. The maximum atomic E-state index is 14.6. The van der Waals surface area contributed by atoms with Crippen LogP contribution in [0.3, 0.4) is 0 Å². The summed E-state index contributed by atoms with van der Waals surface area (Å²) < 4.78 is 109. The molecule has 4 aromatic rings. The summed E-state index contributed by atoms with van der Waals surface area (Å²) in [5.41, 5.74) is 3.87. The third kappa shape index (κ3) is 6.91. The summed E-state index contributed by atoms with van der Waals surface area (Å²) >= 11 is 0. The molecule has 8 nitrogen and oxygen atoms in total. The van der Waals surface area contributed by atoms with Crippen LogP contribution in [0.2, 0.25) is 0 Å². The lowest BCUT2D eigenvalue weighted by Gasteiger charge is -2.41. The van der Waals surface area contributed by atoms with Crippen LogP contribution in [-0.2, 0) is 37.4 Å². The zero-order valence-corrected chi connectivity index (χ0v) is 27.1. The largest absolute Gasteiger partial charge is 0.457 e. The van der Waals surface area contributed by atoms with Gasteiger partial charge in [-0.1, -0.05) is 60.7 Å². The van der Waals surface area contributed by atoms with Crippen LogP contribution in [0.1, 0.15) is 39.9 Å². The number of benzene rings is 4. The second kappa shape index (κ2) is 14.5. The average Bonchev–Trinajstić information content (AvgIpc) is 3.11. The van der Waals surface area contributed by atoms with Crippen LogP contribution in [-0.4, -0.2) is 50.4 Å². The summed E-state index contributed by atoms with van der Waals surface area (Å²) in [5, 5.41) is 0. The van der Waals surface area contributed by atoms with Crippen LogP contribution < -0.4 is 4.90 Å². The van der Waals surface area contributed by atoms with E-state index in [-0.39, 0.29) is 30.8 Å². The van der Waals surface area contributed by atoms with E-state index in [0.717, 1.165) is 23.1 Å². The highest BCUT2D eigenvalue weighted by atomic mass is 32.2. The van der Waals surface area contributed by atoms with E-state index in [2.05, 4.69) is 0 Å². The lowest BCUT2D eigenvalue weighted by atomic mass is 9.99. The van der Waals surface area contributed by atoms with E-state index >= 15 is 0 Å². The van der Waals surface area contributed by atoms with Crippen molar-refractivity contribution in [2.24, 2.45) is 0 Å². The molecule has 14 heteroatoms. The summed E-state index contributed by atoms with van der Waals surface area (Å²) in [5.74, 6) is -13.8. The lowest BCUT2D eigenvalue weighted by Crippen LogP contribution is -2.59. The molecule has 2 aliphatic heterocycles. The van der Waals surface area contributed by atoms with Gasteiger partial charge in [-0.05, 0) is 59.4 Å². The monoisotopic (exact) mass is 712 g/mol. The molecular formula is C36H29F5N2O6S. The SMILES string of the molecule is O=C(OCc1ccccc1)c1ccc(N(Cc2ccc(C3=CCOCC3)cc2)C(=O)[C@H]2CCN2S(=O)(=O)c2c(F)c(F)c(F)c(F)c2F)cc1. The third-order valence-corrected chi connectivity index (χ3v) is 10.4. The summed E-state index contributed by atoms with van der Waals surface area (Å²) in [4.78, 5) is 26.0. The van der Waals surface area contributed by atoms with Crippen molar-refractivity contribution in [1.29, 1.82) is 0 Å². The lowest BCUT2D eigenvalue weighted by molar-refractivity contribution is -0.125. The first-order valence-corrected chi connectivity index (χ1v) is 16.9. The Labute approximate surface area is 284 Å². The van der Waals surface area contributed by atoms with Crippen LogP contribution in [0.5, 0.6) is 0 Å². The van der Waals surface area contributed by atoms with E-state index in [1.54, 1.807) is 36.4 Å². The normalized spacial score (nSPS) is 16.3. The Morgan fingerprint density at radius 2 is 1.46 bits per heavy atom. The number of amides is 1. The van der Waals surface area contributed by atoms with Crippen molar-refractivity contribution in [3.05, 3.63) is 136 Å². The first kappa shape index (κ1) is 34.9. The molecule has 1 fully saturated rings. The molecule has 0 saturated carbocycles. The summed E-state index contributed by atoms with van der Waals surface area (Å²) in [6.07, 6.45) is 2.60. The van der Waals surface area contributed by atoms with Gasteiger partial charge in [0.1, 0.15) is 12.6 Å². The molecule has 2 heterocycles. The van der Waals surface area contributed by atoms with Crippen LogP contribution in [0.4, 0.5) is 27.6 Å². The van der Waals surface area contributed by atoms with Crippen LogP contribution in [0.15, 0.2) is 89.8 Å². The number of halogens is 5. The molecule has 1 saturated heterocycles. The van der Waals surface area contributed by atoms with Gasteiger partial charge < -0.3 is 14.4 Å². The first-order valence-electron chi connectivity index (χ1n) is 15.5. The van der Waals surface area contributed by atoms with Gasteiger partial charge in [-0.25, -0.2) is 35.2 Å². The van der Waals surface area contributed by atoms with Crippen molar-refractivity contribution in [2.75, 3.05) is 24.7 Å². The molecule has 1 amide bonds. The molecule has 4 aromatic carbocycles. The van der Waals surface area contributed by atoms with Gasteiger partial charge >= 0.3 is 5.97 Å². The van der Waals surface area contributed by atoms with E-state index in [1.807, 2.05) is 24.3 Å². The van der Waals surface area contributed by atoms with Crippen molar-refractivity contribution in [2.45, 2.75) is 36.9 Å². The molecule has 0 aromatic heterocycles. The molecule has 6 rings (SSSR count). The minimum atomic E-state index is -5.36. The number of anilines is 1. The van der Waals surface area contributed by atoms with Crippen LogP contribution >= 0.6 is 0 Å². The molecular weight excluding hydrogens is 683 g/mol. The molecule has 50 heavy (non-hydrogen) atoms. The van der Waals surface area contributed by atoms with Crippen molar-refractivity contribution >= 4 is 33.2 Å². The predicted octanol–water partition coefficient (Wildman–Crippen LogP) is 6.54. The number of rotatable bonds is 10. The number of sulfonamides is 1. The highest BCUT2D eigenvalue weighted by Crippen LogP contribution is 2.35. The van der Waals surface area contributed by atoms with Crippen molar-refractivity contribution in [3.63, 3.8) is 0 Å². The molecule has 0 aliphatic carbocycles. The molecule has 1 atom stereocenters. The van der Waals surface area contributed by atoms with Crippen LogP contribution in [0.25, 0.3) is 5.57 Å². The fourth-order valence-electron chi connectivity index (χ4n) is 5.68. The van der Waals surface area contributed by atoms with E-state index in [4.69, 9.17) is 9.47 Å². The fourth-order valence-corrected chi connectivity index (χ4v) is 7.43. The number of hydrogen-bond donors (Lipinski definition) is 0. The highest BCUT2D eigenvalue weighted by Gasteiger charge is 2.48. The van der Waals surface area contributed by atoms with Gasteiger partial charge in [-0.15, -0.1) is 0 Å². The topological polar surface area (TPSA) is 93.2 Å². The second-order valence-corrected chi connectivity index (χ2v) is 13.4. The zero-order valence-electron chi connectivity index (χ0n) is 26.3. The quantitative estimate of drug-likeness (QED) is 0.0803. The Bertz CT molecular complexity index is 2030. The van der Waals surface area contributed by atoms with Gasteiger partial charge in [-0.2, -0.15) is 4.31 Å². The standard InChI is InChI=1S/C36H29F5N2O6S/c37-29-30(38)32(40)34(33(41)31(29)39)50(46,47)43-17-14-28(43)35(44)42(20-22-6-8-24(9-7-22)25-15-18-48-19-16-25)27-12-10-26(11-13-27)36(45)49-21-23-4-2-1-3-5-23/h1-13,15,28H,14,16-21H2/t28-/m1/s1. The predicted molar refractivity (Wildman–Crippen MR) is 172 cm³/mol. The maximum absolute atomic E-state index is 14.6. The Kier molecular flexibility index (Phi) is 10.1. The average molecular weight is 713 g/mol. The van der Waals surface area contributed by atoms with Gasteiger partial charge in [0.2, 0.25) is 21.7 Å². The third-order valence-electron chi connectivity index (χ3n) is 8.51. The Balaban J connectivity index is 1.28. The Morgan fingerprint density at radius 3 is 2.04 bits per heavy atom. The van der Waals surface area contributed by atoms with E-state index in [0.29, 0.717) is 23.1 Å². The maximum Gasteiger partial charge on any atom is 0.338 e. The molecule has 0 bridgehead atoms. The molecule has 0 unspecified atom stereocenters. The minimum Gasteiger partial charge on any atom is -0.457 e. The van der Waals surface area contributed by atoms with Crippen molar-refractivity contribution in [1.82, 2.24) is 4.31 Å². The van der Waals surface area contributed by atoms with E-state index in [1.165, 1.54) is 29.2 Å². The molecule has 260 valence electrons. The van der Waals surface area contributed by atoms with E-state index in [9.17, 15) is 40.0 Å². The smallest absolute Gasteiger partial charge is 0.338 e. The number of hydrogen-bond acceptors (Lipinski definition) is 6. The minimum absolute atomic E-state index is 0.0288. The van der Waals surface area contributed by atoms with Gasteiger partial charge in [0.25, 0.3) is 0 Å². The Morgan fingerprint density at radius 1 is 0.820 bits per heavy atom. The fraction of sp³-hybridized carbons (Fsp3) is 0.222. The molecule has 2 aliphatic rings. The number of esters is 1. The summed E-state index contributed by atoms with van der Waals surface area (Å²) in [6.45, 7) is 0.594. The number of carbonyl (C=O) groups is 2. The van der Waals surface area contributed by atoms with E-state index < -0.39 is 68.5 Å². The second-order valence-electron chi connectivity index (χ2n) is 11.6. The van der Waals surface area contributed by atoms with Gasteiger partial charge in [-0.3, -0.25) is 4.79 Å². The van der Waals surface area contributed by atoms with Crippen molar-refractivity contribution in [3.8, 4) is 0 Å². The zero-order chi connectivity index (χ0) is 35.6. The number of nitrogens with zero attached hydrogens (tertiary/aromatic N) is 2. The van der Waals surface area contributed by atoms with Gasteiger partial charge in [0.05, 0.1) is 25.3 Å². The number of carbonyl (C=O) groups excluding carboxylic acids is 2.